The molecule has 0 saturated heterocycles. The van der Waals surface area contributed by atoms with Gasteiger partial charge in [-0.2, -0.15) is 0 Å². The second kappa shape index (κ2) is 8.72. The molecule has 0 radical (unpaired) electrons. The Morgan fingerprint density at radius 1 is 0.667 bits per heavy atom. The van der Waals surface area contributed by atoms with Gasteiger partial charge in [0.15, 0.2) is 0 Å². The molecule has 8 heteroatoms. The van der Waals surface area contributed by atoms with E-state index in [0.29, 0.717) is 51.5 Å². The normalized spacial score (nSPS) is 41.5. The van der Waals surface area contributed by atoms with Crippen LogP contribution in [0.5, 0.6) is 0 Å². The predicted octanol–water partition coefficient (Wildman–Crippen LogP) is 6.37. The van der Waals surface area contributed by atoms with Crippen molar-refractivity contribution >= 4 is 24.0 Å². The maximum Gasteiger partial charge on any atom is 0.338 e. The number of carbonyl (C=O) groups is 2. The first kappa shape index (κ1) is 23.5. The van der Waals surface area contributed by atoms with Crippen LogP contribution < -0.4 is 0 Å². The second-order valence-electron chi connectivity index (χ2n) is 13.0. The molecule has 0 aromatic heterocycles. The molecule has 0 aliphatic heterocycles. The van der Waals surface area contributed by atoms with E-state index in [1.54, 1.807) is 18.2 Å². The lowest BCUT2D eigenvalue weighted by atomic mass is 9.54. The summed E-state index contributed by atoms with van der Waals surface area (Å²) >= 11 is 0.736. The van der Waals surface area contributed by atoms with Gasteiger partial charge >= 0.3 is 11.9 Å². The third-order valence-electron chi connectivity index (χ3n) is 10.1. The molecule has 7 nitrogen and oxygen atoms in total. The van der Waals surface area contributed by atoms with Crippen molar-refractivity contribution in [2.75, 3.05) is 0 Å². The van der Waals surface area contributed by atoms with Crippen LogP contribution in [0.4, 0.5) is 0 Å². The van der Waals surface area contributed by atoms with E-state index in [1.807, 2.05) is 0 Å². The molecule has 0 heterocycles. The smallest absolute Gasteiger partial charge is 0.338 e. The molecule has 8 saturated carbocycles. The van der Waals surface area contributed by atoms with Crippen molar-refractivity contribution in [1.29, 1.82) is 0 Å². The third kappa shape index (κ3) is 4.28. The molecule has 8 aliphatic rings. The number of rotatable bonds is 7. The zero-order valence-electron chi connectivity index (χ0n) is 20.5. The van der Waals surface area contributed by atoms with Gasteiger partial charge in [-0.3, -0.25) is 0 Å². The van der Waals surface area contributed by atoms with Gasteiger partial charge in [-0.15, -0.1) is 4.33 Å². The fraction of sp³-hybridized carbons (Fsp3) is 0.714. The standard InChI is InChI=1S/C28H34O7S/c29-25(32-27-10-16-1-17(11-27)3-18(2-16)12-27)22-7-23(9-24(8-22)36-35-34-31)26(30)33-28-13-19-4-20(14-28)6-21(5-19)15-28/h7-9,16-21,31H,1-6,10-15H2. The zero-order valence-corrected chi connectivity index (χ0v) is 21.3. The molecule has 36 heavy (non-hydrogen) atoms. The van der Waals surface area contributed by atoms with E-state index >= 15 is 0 Å². The van der Waals surface area contributed by atoms with Crippen molar-refractivity contribution in [1.82, 2.24) is 0 Å². The summed E-state index contributed by atoms with van der Waals surface area (Å²) in [5, 5.41) is 12.4. The summed E-state index contributed by atoms with van der Waals surface area (Å²) in [6, 6.07) is 4.83. The summed E-state index contributed by atoms with van der Waals surface area (Å²) in [7, 11) is 0. The Balaban J connectivity index is 1.12. The molecule has 1 aromatic rings. The fourth-order valence-electron chi connectivity index (χ4n) is 9.76. The van der Waals surface area contributed by atoms with Crippen LogP contribution in [0, 0.1) is 35.5 Å². The van der Waals surface area contributed by atoms with Crippen LogP contribution in [0.2, 0.25) is 0 Å². The molecule has 0 spiro atoms. The quantitative estimate of drug-likeness (QED) is 0.194. The Morgan fingerprint density at radius 3 is 1.36 bits per heavy atom. The van der Waals surface area contributed by atoms with Crippen LogP contribution in [0.15, 0.2) is 23.1 Å². The summed E-state index contributed by atoms with van der Waals surface area (Å²) in [5.41, 5.74) is -0.149. The lowest BCUT2D eigenvalue weighted by Crippen LogP contribution is -2.52. The summed E-state index contributed by atoms with van der Waals surface area (Å²) in [6.45, 7) is 0. The molecule has 1 aromatic carbocycles. The van der Waals surface area contributed by atoms with E-state index in [-0.39, 0.29) is 11.2 Å². The summed E-state index contributed by atoms with van der Waals surface area (Å²) in [5.74, 6) is 3.14. The van der Waals surface area contributed by atoms with Gasteiger partial charge in [-0.25, -0.2) is 14.8 Å². The zero-order chi connectivity index (χ0) is 24.5. The van der Waals surface area contributed by atoms with Crippen LogP contribution in [0.3, 0.4) is 0 Å². The molecule has 9 rings (SSSR count). The van der Waals surface area contributed by atoms with E-state index in [0.717, 1.165) is 50.6 Å². The minimum atomic E-state index is -0.409. The van der Waals surface area contributed by atoms with E-state index < -0.39 is 11.9 Å². The second-order valence-corrected chi connectivity index (χ2v) is 13.7. The molecule has 0 unspecified atom stereocenters. The Hall–Kier alpha value is -1.61. The third-order valence-corrected chi connectivity index (χ3v) is 10.7. The van der Waals surface area contributed by atoms with Gasteiger partial charge in [0.1, 0.15) is 11.2 Å². The Morgan fingerprint density at radius 2 is 1.03 bits per heavy atom. The minimum Gasteiger partial charge on any atom is -0.455 e. The fourth-order valence-corrected chi connectivity index (χ4v) is 10.2. The monoisotopic (exact) mass is 514 g/mol. The number of benzene rings is 1. The minimum absolute atomic E-state index is 0.301. The highest BCUT2D eigenvalue weighted by Crippen LogP contribution is 2.58. The van der Waals surface area contributed by atoms with Gasteiger partial charge in [0.2, 0.25) is 0 Å². The highest BCUT2D eigenvalue weighted by molar-refractivity contribution is 7.94. The Labute approximate surface area is 215 Å². The molecule has 0 atom stereocenters. The van der Waals surface area contributed by atoms with Crippen LogP contribution in [0.1, 0.15) is 97.8 Å². The molecule has 1 N–H and O–H groups in total. The number of carbonyl (C=O) groups excluding carboxylic acids is 2. The number of esters is 2. The van der Waals surface area contributed by atoms with Crippen molar-refractivity contribution in [2.24, 2.45) is 35.5 Å². The molecule has 0 amide bonds. The van der Waals surface area contributed by atoms with Gasteiger partial charge < -0.3 is 9.47 Å². The maximum atomic E-state index is 13.4. The Bertz CT molecular complexity index is 921. The molecular formula is C28H34O7S. The number of hydrogen-bond donors (Lipinski definition) is 1. The van der Waals surface area contributed by atoms with Crippen LogP contribution in [-0.4, -0.2) is 28.4 Å². The summed E-state index contributed by atoms with van der Waals surface area (Å²) in [4.78, 5) is 27.3. The van der Waals surface area contributed by atoms with Crippen LogP contribution in [0.25, 0.3) is 0 Å². The molecule has 194 valence electrons. The average molecular weight is 515 g/mol. The van der Waals surface area contributed by atoms with Gasteiger partial charge in [0.25, 0.3) is 0 Å². The molecular weight excluding hydrogens is 480 g/mol. The molecule has 8 bridgehead atoms. The highest BCUT2D eigenvalue weighted by atomic mass is 32.2. The van der Waals surface area contributed by atoms with Crippen molar-refractivity contribution in [2.45, 2.75) is 93.1 Å². The van der Waals surface area contributed by atoms with Gasteiger partial charge in [0, 0.05) is 4.90 Å². The summed E-state index contributed by atoms with van der Waals surface area (Å²) in [6.07, 6.45) is 13.3. The lowest BCUT2D eigenvalue weighted by molar-refractivity contribution is -0.432. The number of hydrogen-bond acceptors (Lipinski definition) is 8. The van der Waals surface area contributed by atoms with E-state index in [4.69, 9.17) is 14.7 Å². The SMILES string of the molecule is O=C(OC12CC3CC(CC(C3)C1)C2)c1cc(SOOO)cc(C(=O)OC23CC4CC(CC(C4)C2)C3)c1. The lowest BCUT2D eigenvalue weighted by Gasteiger charge is -2.55. The first-order valence-corrected chi connectivity index (χ1v) is 14.4. The van der Waals surface area contributed by atoms with E-state index in [1.165, 1.54) is 38.5 Å². The highest BCUT2D eigenvalue weighted by Gasteiger charge is 2.54. The first-order valence-electron chi connectivity index (χ1n) is 13.6. The van der Waals surface area contributed by atoms with Crippen molar-refractivity contribution in [3.05, 3.63) is 29.3 Å². The van der Waals surface area contributed by atoms with Crippen LogP contribution in [-0.2, 0) is 18.8 Å². The van der Waals surface area contributed by atoms with E-state index in [9.17, 15) is 9.59 Å². The van der Waals surface area contributed by atoms with Gasteiger partial charge in [-0.05, 0) is 131 Å². The van der Waals surface area contributed by atoms with Gasteiger partial charge in [0.05, 0.1) is 23.2 Å². The maximum absolute atomic E-state index is 13.4. The average Bonchev–Trinajstić information content (AvgIpc) is 2.80. The van der Waals surface area contributed by atoms with Crippen molar-refractivity contribution in [3.8, 4) is 0 Å². The van der Waals surface area contributed by atoms with Crippen molar-refractivity contribution in [3.63, 3.8) is 0 Å². The number of ether oxygens (including phenoxy) is 2. The largest absolute Gasteiger partial charge is 0.455 e. The molecule has 8 aliphatic carbocycles. The summed E-state index contributed by atoms with van der Waals surface area (Å²) < 4.78 is 17.1. The topological polar surface area (TPSA) is 91.3 Å². The van der Waals surface area contributed by atoms with Crippen LogP contribution >= 0.6 is 12.0 Å². The molecule has 8 fully saturated rings. The Kier molecular flexibility index (Phi) is 5.69. The van der Waals surface area contributed by atoms with Gasteiger partial charge in [-0.1, -0.05) is 5.04 Å². The predicted molar refractivity (Wildman–Crippen MR) is 130 cm³/mol. The van der Waals surface area contributed by atoms with Crippen molar-refractivity contribution < 1.29 is 33.7 Å². The first-order chi connectivity index (χ1) is 17.4. The van der Waals surface area contributed by atoms with E-state index in [2.05, 4.69) is 9.37 Å².